The molecule has 0 fully saturated rings. The van der Waals surface area contributed by atoms with Gasteiger partial charge in [-0.2, -0.15) is 11.3 Å². The average molecular weight is 393 g/mol. The molecular weight excluding hydrogens is 368 g/mol. The number of benzene rings is 1. The number of halogens is 1. The van der Waals surface area contributed by atoms with Crippen molar-refractivity contribution in [3.8, 4) is 0 Å². The summed E-state index contributed by atoms with van der Waals surface area (Å²) in [4.78, 5) is 23.7. The van der Waals surface area contributed by atoms with Crippen LogP contribution in [0.1, 0.15) is 26.2 Å². The summed E-state index contributed by atoms with van der Waals surface area (Å²) in [5.74, 6) is -0.626. The molecule has 2 rings (SSSR count). The second-order valence-electron chi connectivity index (χ2n) is 5.57. The molecule has 26 heavy (non-hydrogen) atoms. The van der Waals surface area contributed by atoms with Gasteiger partial charge in [0.2, 0.25) is 11.8 Å². The Morgan fingerprint density at radius 3 is 2.42 bits per heavy atom. The topological polar surface area (TPSA) is 58.2 Å². The van der Waals surface area contributed by atoms with Gasteiger partial charge in [0.15, 0.2) is 0 Å². The quantitative estimate of drug-likeness (QED) is 0.641. The van der Waals surface area contributed by atoms with E-state index in [1.54, 1.807) is 42.6 Å². The lowest BCUT2D eigenvalue weighted by atomic mass is 9.92. The standard InChI is InChI=1S/C16H21ClN2O2.C4H4S/c1-4-11(2)14(8-9-15(20)18-3)16(21)19-13-7-5-6-12(17)10-13;1-2-4-5-3-1/h5-7,10,14H,2,4,8-9H2,1,3H3,(H,18,20)(H,19,21);1-4H. The van der Waals surface area contributed by atoms with E-state index in [2.05, 4.69) is 17.2 Å². The summed E-state index contributed by atoms with van der Waals surface area (Å²) in [6.07, 6.45) is 1.43. The van der Waals surface area contributed by atoms with E-state index in [4.69, 9.17) is 11.6 Å². The summed E-state index contributed by atoms with van der Waals surface area (Å²) in [7, 11) is 1.58. The van der Waals surface area contributed by atoms with Gasteiger partial charge in [0.1, 0.15) is 0 Å². The molecule has 6 heteroatoms. The SMILES string of the molecule is C=C(CC)C(CCC(=O)NC)C(=O)Nc1cccc(Cl)c1.c1ccsc1. The number of nitrogens with one attached hydrogen (secondary N) is 2. The van der Waals surface area contributed by atoms with Crippen LogP contribution in [0.3, 0.4) is 0 Å². The van der Waals surface area contributed by atoms with Gasteiger partial charge in [0, 0.05) is 24.2 Å². The van der Waals surface area contributed by atoms with E-state index in [9.17, 15) is 9.59 Å². The Kier molecular flexibility index (Phi) is 10.4. The minimum atomic E-state index is -0.383. The third-order valence-corrected chi connectivity index (χ3v) is 4.58. The van der Waals surface area contributed by atoms with Crippen LogP contribution in [0.25, 0.3) is 0 Å². The third-order valence-electron chi connectivity index (χ3n) is 3.72. The van der Waals surface area contributed by atoms with Crippen LogP contribution in [0.2, 0.25) is 5.02 Å². The highest BCUT2D eigenvalue weighted by Gasteiger charge is 2.21. The van der Waals surface area contributed by atoms with Crippen molar-refractivity contribution in [2.45, 2.75) is 26.2 Å². The van der Waals surface area contributed by atoms with Crippen LogP contribution in [0, 0.1) is 5.92 Å². The van der Waals surface area contributed by atoms with Crippen molar-refractivity contribution >= 4 is 40.4 Å². The fourth-order valence-corrected chi connectivity index (χ4v) is 2.83. The fourth-order valence-electron chi connectivity index (χ4n) is 2.19. The number of thiophene rings is 1. The zero-order valence-electron chi connectivity index (χ0n) is 15.1. The minimum Gasteiger partial charge on any atom is -0.359 e. The summed E-state index contributed by atoms with van der Waals surface area (Å²) in [6.45, 7) is 5.89. The zero-order valence-corrected chi connectivity index (χ0v) is 16.7. The summed E-state index contributed by atoms with van der Waals surface area (Å²) >= 11 is 7.61. The molecule has 0 saturated heterocycles. The van der Waals surface area contributed by atoms with Crippen molar-refractivity contribution in [2.75, 3.05) is 12.4 Å². The maximum atomic E-state index is 12.4. The van der Waals surface area contributed by atoms with E-state index in [0.29, 0.717) is 30.0 Å². The monoisotopic (exact) mass is 392 g/mol. The number of carbonyl (C=O) groups is 2. The minimum absolute atomic E-state index is 0.0838. The van der Waals surface area contributed by atoms with E-state index in [1.165, 1.54) is 0 Å². The first-order valence-electron chi connectivity index (χ1n) is 8.39. The van der Waals surface area contributed by atoms with Gasteiger partial charge < -0.3 is 10.6 Å². The lowest BCUT2D eigenvalue weighted by Gasteiger charge is -2.18. The van der Waals surface area contributed by atoms with Gasteiger partial charge in [-0.1, -0.05) is 48.9 Å². The molecule has 0 radical (unpaired) electrons. The first kappa shape index (κ1) is 21.9. The molecule has 1 unspecified atom stereocenters. The lowest BCUT2D eigenvalue weighted by Crippen LogP contribution is -2.26. The molecule has 0 bridgehead atoms. The van der Waals surface area contributed by atoms with Crippen molar-refractivity contribution < 1.29 is 9.59 Å². The average Bonchev–Trinajstić information content (AvgIpc) is 3.21. The van der Waals surface area contributed by atoms with Gasteiger partial charge in [-0.05, 0) is 41.8 Å². The normalized spacial score (nSPS) is 10.9. The molecule has 1 aromatic carbocycles. The molecule has 0 aliphatic carbocycles. The molecule has 2 N–H and O–H groups in total. The molecule has 0 aliphatic heterocycles. The van der Waals surface area contributed by atoms with Crippen LogP contribution < -0.4 is 10.6 Å². The van der Waals surface area contributed by atoms with Gasteiger partial charge in [-0.15, -0.1) is 0 Å². The van der Waals surface area contributed by atoms with E-state index >= 15 is 0 Å². The van der Waals surface area contributed by atoms with Gasteiger partial charge in [-0.25, -0.2) is 0 Å². The molecule has 4 nitrogen and oxygen atoms in total. The van der Waals surface area contributed by atoms with Crippen LogP contribution in [-0.4, -0.2) is 18.9 Å². The number of rotatable bonds is 7. The molecule has 2 amide bonds. The molecule has 0 saturated carbocycles. The number of hydrogen-bond donors (Lipinski definition) is 2. The lowest BCUT2D eigenvalue weighted by molar-refractivity contribution is -0.121. The van der Waals surface area contributed by atoms with E-state index < -0.39 is 0 Å². The van der Waals surface area contributed by atoms with Crippen molar-refractivity contribution in [1.29, 1.82) is 0 Å². The Hall–Kier alpha value is -2.11. The van der Waals surface area contributed by atoms with Gasteiger partial charge in [-0.3, -0.25) is 9.59 Å². The molecular formula is C20H25ClN2O2S. The Morgan fingerprint density at radius 2 is 1.92 bits per heavy atom. The van der Waals surface area contributed by atoms with E-state index in [1.807, 2.05) is 29.8 Å². The molecule has 0 spiro atoms. The van der Waals surface area contributed by atoms with Crippen LogP contribution in [0.4, 0.5) is 5.69 Å². The second kappa shape index (κ2) is 12.3. The highest BCUT2D eigenvalue weighted by Crippen LogP contribution is 2.22. The van der Waals surface area contributed by atoms with Gasteiger partial charge >= 0.3 is 0 Å². The second-order valence-corrected chi connectivity index (χ2v) is 6.82. The van der Waals surface area contributed by atoms with E-state index in [-0.39, 0.29) is 17.7 Å². The first-order valence-corrected chi connectivity index (χ1v) is 9.71. The van der Waals surface area contributed by atoms with Crippen LogP contribution >= 0.6 is 22.9 Å². The van der Waals surface area contributed by atoms with Gasteiger partial charge in [0.05, 0.1) is 5.92 Å². The van der Waals surface area contributed by atoms with Crippen LogP contribution in [0.15, 0.2) is 59.3 Å². The maximum absolute atomic E-state index is 12.4. The third kappa shape index (κ3) is 8.32. The molecule has 1 aromatic heterocycles. The van der Waals surface area contributed by atoms with Crippen molar-refractivity contribution in [3.63, 3.8) is 0 Å². The largest absolute Gasteiger partial charge is 0.359 e. The van der Waals surface area contributed by atoms with Gasteiger partial charge in [0.25, 0.3) is 0 Å². The van der Waals surface area contributed by atoms with E-state index in [0.717, 1.165) is 5.57 Å². The summed E-state index contributed by atoms with van der Waals surface area (Å²) in [6, 6.07) is 11.0. The fraction of sp³-hybridized carbons (Fsp3) is 0.300. The Morgan fingerprint density at radius 1 is 1.23 bits per heavy atom. The molecule has 0 aliphatic rings. The van der Waals surface area contributed by atoms with Crippen molar-refractivity contribution in [1.82, 2.24) is 5.32 Å². The molecule has 140 valence electrons. The van der Waals surface area contributed by atoms with Crippen LogP contribution in [0.5, 0.6) is 0 Å². The Bertz CT molecular complexity index is 684. The predicted molar refractivity (Wildman–Crippen MR) is 111 cm³/mol. The maximum Gasteiger partial charge on any atom is 0.231 e. The van der Waals surface area contributed by atoms with Crippen molar-refractivity contribution in [2.24, 2.45) is 5.92 Å². The summed E-state index contributed by atoms with van der Waals surface area (Å²) in [5.41, 5.74) is 1.46. The highest BCUT2D eigenvalue weighted by atomic mass is 35.5. The smallest absolute Gasteiger partial charge is 0.231 e. The number of carbonyl (C=O) groups excluding carboxylic acids is 2. The summed E-state index contributed by atoms with van der Waals surface area (Å²) < 4.78 is 0. The highest BCUT2D eigenvalue weighted by molar-refractivity contribution is 7.07. The zero-order chi connectivity index (χ0) is 19.4. The van der Waals surface area contributed by atoms with Crippen LogP contribution in [-0.2, 0) is 9.59 Å². The first-order chi connectivity index (χ1) is 12.5. The molecule has 1 heterocycles. The number of hydrogen-bond acceptors (Lipinski definition) is 3. The Balaban J connectivity index is 0.000000577. The predicted octanol–water partition coefficient (Wildman–Crippen LogP) is 5.14. The number of anilines is 1. The van der Waals surface area contributed by atoms with Crippen molar-refractivity contribution in [3.05, 3.63) is 64.3 Å². The number of amides is 2. The Labute approximate surface area is 164 Å². The summed E-state index contributed by atoms with van der Waals surface area (Å²) in [5, 5.41) is 10.0. The molecule has 1 atom stereocenters. The molecule has 2 aromatic rings.